The summed E-state index contributed by atoms with van der Waals surface area (Å²) in [4.78, 5) is 10.5. The number of primary amides is 1. The second kappa shape index (κ2) is 3.30. The van der Waals surface area contributed by atoms with Gasteiger partial charge in [-0.25, -0.2) is 4.79 Å². The molecule has 3 N–H and O–H groups in total. The number of carbonyl (C=O) groups excluding carboxylic acids is 1. The maximum atomic E-state index is 10.5. The highest BCUT2D eigenvalue weighted by Crippen LogP contribution is 2.14. The van der Waals surface area contributed by atoms with Gasteiger partial charge in [-0.1, -0.05) is 0 Å². The summed E-state index contributed by atoms with van der Waals surface area (Å²) >= 11 is 0. The van der Waals surface area contributed by atoms with E-state index in [4.69, 9.17) is 10.2 Å². The third kappa shape index (κ3) is 2.02. The lowest BCUT2D eigenvalue weighted by molar-refractivity contribution is 0.244. The molecule has 0 aliphatic rings. The molecule has 12 heavy (non-hydrogen) atoms. The summed E-state index contributed by atoms with van der Waals surface area (Å²) in [5.74, 6) is 1.54. The van der Waals surface area contributed by atoms with Gasteiger partial charge in [-0.05, 0) is 26.0 Å². The van der Waals surface area contributed by atoms with Gasteiger partial charge in [-0.3, -0.25) is 0 Å². The maximum absolute atomic E-state index is 10.5. The minimum atomic E-state index is -0.545. The molecule has 0 radical (unpaired) electrons. The molecule has 0 fully saturated rings. The Labute approximate surface area is 70.7 Å². The minimum absolute atomic E-state index is 0.170. The molecule has 4 nitrogen and oxygen atoms in total. The quantitative estimate of drug-likeness (QED) is 0.699. The molecule has 0 aromatic carbocycles. The van der Waals surface area contributed by atoms with E-state index in [2.05, 4.69) is 5.32 Å². The molecule has 1 unspecified atom stereocenters. The fraction of sp³-hybridized carbons (Fsp3) is 0.375. The third-order valence-electron chi connectivity index (χ3n) is 1.55. The van der Waals surface area contributed by atoms with E-state index in [1.165, 1.54) is 0 Å². The van der Waals surface area contributed by atoms with Crippen molar-refractivity contribution >= 4 is 6.03 Å². The molecule has 4 heteroatoms. The Hall–Kier alpha value is -1.45. The Morgan fingerprint density at radius 1 is 1.67 bits per heavy atom. The fourth-order valence-electron chi connectivity index (χ4n) is 0.971. The first kappa shape index (κ1) is 8.64. The van der Waals surface area contributed by atoms with Crippen molar-refractivity contribution in [2.24, 2.45) is 5.73 Å². The molecular formula is C8H12N2O2. The van der Waals surface area contributed by atoms with Crippen molar-refractivity contribution < 1.29 is 9.21 Å². The van der Waals surface area contributed by atoms with Crippen molar-refractivity contribution in [3.05, 3.63) is 23.7 Å². The SMILES string of the molecule is Cc1ccc(C(C)NC(N)=O)o1. The Bertz CT molecular complexity index is 280. The van der Waals surface area contributed by atoms with Crippen LogP contribution in [0.15, 0.2) is 16.5 Å². The van der Waals surface area contributed by atoms with E-state index in [1.807, 2.05) is 26.0 Å². The average Bonchev–Trinajstić information content (AvgIpc) is 2.34. The van der Waals surface area contributed by atoms with Crippen molar-refractivity contribution in [3.63, 3.8) is 0 Å². The average molecular weight is 168 g/mol. The molecule has 0 aliphatic carbocycles. The Morgan fingerprint density at radius 2 is 2.33 bits per heavy atom. The Balaban J connectivity index is 2.64. The lowest BCUT2D eigenvalue weighted by Gasteiger charge is -2.07. The Morgan fingerprint density at radius 3 is 2.75 bits per heavy atom. The van der Waals surface area contributed by atoms with E-state index < -0.39 is 6.03 Å². The third-order valence-corrected chi connectivity index (χ3v) is 1.55. The van der Waals surface area contributed by atoms with Gasteiger partial charge in [0.15, 0.2) is 0 Å². The molecule has 0 spiro atoms. The topological polar surface area (TPSA) is 68.3 Å². The van der Waals surface area contributed by atoms with E-state index in [9.17, 15) is 4.79 Å². The number of nitrogens with one attached hydrogen (secondary N) is 1. The molecule has 1 aromatic rings. The summed E-state index contributed by atoms with van der Waals surface area (Å²) in [5, 5.41) is 2.52. The molecule has 1 aromatic heterocycles. The molecule has 0 saturated heterocycles. The first-order valence-electron chi connectivity index (χ1n) is 3.72. The summed E-state index contributed by atoms with van der Waals surface area (Å²) in [6.45, 7) is 3.66. The van der Waals surface area contributed by atoms with Crippen LogP contribution in [0.3, 0.4) is 0 Å². The highest BCUT2D eigenvalue weighted by Gasteiger charge is 2.09. The van der Waals surface area contributed by atoms with Crippen molar-refractivity contribution in [3.8, 4) is 0 Å². The molecule has 66 valence electrons. The standard InChI is InChI=1S/C8H12N2O2/c1-5-3-4-7(12-5)6(2)10-8(9)11/h3-4,6H,1-2H3,(H3,9,10,11). The van der Waals surface area contributed by atoms with Gasteiger partial charge in [0.05, 0.1) is 6.04 Å². The summed E-state index contributed by atoms with van der Waals surface area (Å²) in [7, 11) is 0. The molecule has 0 aliphatic heterocycles. The van der Waals surface area contributed by atoms with E-state index in [-0.39, 0.29) is 6.04 Å². The molecule has 0 saturated carbocycles. The van der Waals surface area contributed by atoms with Crippen molar-refractivity contribution in [1.82, 2.24) is 5.32 Å². The van der Waals surface area contributed by atoms with Crippen LogP contribution in [0, 0.1) is 6.92 Å². The molecule has 2 amide bonds. The Kier molecular flexibility index (Phi) is 2.38. The van der Waals surface area contributed by atoms with Crippen LogP contribution in [0.25, 0.3) is 0 Å². The van der Waals surface area contributed by atoms with Crippen molar-refractivity contribution in [2.45, 2.75) is 19.9 Å². The summed E-state index contributed by atoms with van der Waals surface area (Å²) < 4.78 is 5.28. The number of nitrogens with two attached hydrogens (primary N) is 1. The van der Waals surface area contributed by atoms with Gasteiger partial charge in [0.2, 0.25) is 0 Å². The number of hydrogen-bond acceptors (Lipinski definition) is 2. The van der Waals surface area contributed by atoms with Crippen LogP contribution >= 0.6 is 0 Å². The zero-order valence-electron chi connectivity index (χ0n) is 7.13. The van der Waals surface area contributed by atoms with Crippen LogP contribution in [0.5, 0.6) is 0 Å². The predicted octanol–water partition coefficient (Wildman–Crippen LogP) is 1.32. The van der Waals surface area contributed by atoms with Crippen LogP contribution in [-0.4, -0.2) is 6.03 Å². The largest absolute Gasteiger partial charge is 0.464 e. The fourth-order valence-corrected chi connectivity index (χ4v) is 0.971. The first-order valence-corrected chi connectivity index (χ1v) is 3.72. The van der Waals surface area contributed by atoms with Crippen LogP contribution < -0.4 is 11.1 Å². The number of carbonyl (C=O) groups is 1. The summed E-state index contributed by atoms with van der Waals surface area (Å²) in [6, 6.07) is 2.94. The van der Waals surface area contributed by atoms with E-state index >= 15 is 0 Å². The molecule has 1 heterocycles. The van der Waals surface area contributed by atoms with Gasteiger partial charge in [-0.2, -0.15) is 0 Å². The van der Waals surface area contributed by atoms with Gasteiger partial charge in [-0.15, -0.1) is 0 Å². The zero-order chi connectivity index (χ0) is 9.14. The predicted molar refractivity (Wildman–Crippen MR) is 44.6 cm³/mol. The van der Waals surface area contributed by atoms with Gasteiger partial charge in [0, 0.05) is 0 Å². The van der Waals surface area contributed by atoms with Gasteiger partial charge < -0.3 is 15.5 Å². The monoisotopic (exact) mass is 168 g/mol. The molecule has 1 atom stereocenters. The molecule has 0 bridgehead atoms. The number of amides is 2. The van der Waals surface area contributed by atoms with Crippen LogP contribution in [0.4, 0.5) is 4.79 Å². The first-order chi connectivity index (χ1) is 5.59. The van der Waals surface area contributed by atoms with Gasteiger partial charge in [0.1, 0.15) is 11.5 Å². The number of aryl methyl sites for hydroxylation is 1. The van der Waals surface area contributed by atoms with Crippen LogP contribution in [0.2, 0.25) is 0 Å². The normalized spacial score (nSPS) is 12.5. The van der Waals surface area contributed by atoms with E-state index in [1.54, 1.807) is 0 Å². The summed E-state index contributed by atoms with van der Waals surface area (Å²) in [6.07, 6.45) is 0. The van der Waals surface area contributed by atoms with Gasteiger partial charge in [0.25, 0.3) is 0 Å². The smallest absolute Gasteiger partial charge is 0.312 e. The number of furan rings is 1. The van der Waals surface area contributed by atoms with E-state index in [0.29, 0.717) is 5.76 Å². The zero-order valence-corrected chi connectivity index (χ0v) is 7.13. The van der Waals surface area contributed by atoms with Crippen LogP contribution in [-0.2, 0) is 0 Å². The minimum Gasteiger partial charge on any atom is -0.464 e. The number of urea groups is 1. The lowest BCUT2D eigenvalue weighted by atomic mass is 10.2. The van der Waals surface area contributed by atoms with Crippen molar-refractivity contribution in [2.75, 3.05) is 0 Å². The maximum Gasteiger partial charge on any atom is 0.312 e. The van der Waals surface area contributed by atoms with E-state index in [0.717, 1.165) is 5.76 Å². The van der Waals surface area contributed by atoms with Crippen molar-refractivity contribution in [1.29, 1.82) is 0 Å². The number of rotatable bonds is 2. The molecular weight excluding hydrogens is 156 g/mol. The van der Waals surface area contributed by atoms with Gasteiger partial charge >= 0.3 is 6.03 Å². The lowest BCUT2D eigenvalue weighted by Crippen LogP contribution is -2.31. The number of hydrogen-bond donors (Lipinski definition) is 2. The second-order valence-electron chi connectivity index (χ2n) is 2.68. The second-order valence-corrected chi connectivity index (χ2v) is 2.68. The summed E-state index contributed by atoms with van der Waals surface area (Å²) in [5.41, 5.74) is 4.95. The highest BCUT2D eigenvalue weighted by molar-refractivity contribution is 5.72. The highest BCUT2D eigenvalue weighted by atomic mass is 16.3. The molecule has 1 rings (SSSR count). The van der Waals surface area contributed by atoms with Crippen LogP contribution in [0.1, 0.15) is 24.5 Å².